The zero-order valence-electron chi connectivity index (χ0n) is 6.66. The van der Waals surface area contributed by atoms with E-state index in [4.69, 9.17) is 0 Å². The molecule has 2 aromatic rings. The lowest BCUT2D eigenvalue weighted by molar-refractivity contribution is 1.37. The van der Waals surface area contributed by atoms with Crippen LogP contribution in [0.15, 0.2) is 23.8 Å². The van der Waals surface area contributed by atoms with Gasteiger partial charge < -0.3 is 0 Å². The summed E-state index contributed by atoms with van der Waals surface area (Å²) >= 11 is 1.69. The van der Waals surface area contributed by atoms with Gasteiger partial charge in [-0.25, -0.2) is 0 Å². The van der Waals surface area contributed by atoms with Crippen molar-refractivity contribution in [3.05, 3.63) is 29.4 Å². The van der Waals surface area contributed by atoms with Crippen LogP contribution in [-0.2, 0) is 0 Å². The SMILES string of the molecule is CC#Cc1csc2cnccc12. The second-order valence-corrected chi connectivity index (χ2v) is 3.31. The van der Waals surface area contributed by atoms with Gasteiger partial charge in [-0.1, -0.05) is 5.92 Å². The predicted molar refractivity (Wildman–Crippen MR) is 52.2 cm³/mol. The monoisotopic (exact) mass is 173 g/mol. The van der Waals surface area contributed by atoms with E-state index in [1.165, 1.54) is 10.1 Å². The Morgan fingerprint density at radius 2 is 2.42 bits per heavy atom. The van der Waals surface area contributed by atoms with Gasteiger partial charge in [-0.2, -0.15) is 0 Å². The van der Waals surface area contributed by atoms with E-state index in [0.29, 0.717) is 0 Å². The van der Waals surface area contributed by atoms with Crippen LogP contribution in [0.2, 0.25) is 0 Å². The summed E-state index contributed by atoms with van der Waals surface area (Å²) in [4.78, 5) is 4.05. The molecule has 0 bridgehead atoms. The predicted octanol–water partition coefficient (Wildman–Crippen LogP) is 2.67. The van der Waals surface area contributed by atoms with Gasteiger partial charge in [0.25, 0.3) is 0 Å². The molecule has 2 aromatic heterocycles. The molecule has 0 N–H and O–H groups in total. The third kappa shape index (κ3) is 1.09. The van der Waals surface area contributed by atoms with Crippen molar-refractivity contribution in [1.29, 1.82) is 0 Å². The van der Waals surface area contributed by atoms with E-state index < -0.39 is 0 Å². The molecule has 2 heterocycles. The molecule has 0 unspecified atom stereocenters. The molecule has 0 aromatic carbocycles. The van der Waals surface area contributed by atoms with Crippen LogP contribution in [0, 0.1) is 11.8 Å². The topological polar surface area (TPSA) is 12.9 Å². The Kier molecular flexibility index (Phi) is 1.81. The molecule has 0 aliphatic rings. The number of thiophene rings is 1. The summed E-state index contributed by atoms with van der Waals surface area (Å²) in [6.07, 6.45) is 3.68. The molecular weight excluding hydrogens is 166 g/mol. The van der Waals surface area contributed by atoms with Crippen LogP contribution in [0.3, 0.4) is 0 Å². The highest BCUT2D eigenvalue weighted by molar-refractivity contribution is 7.17. The summed E-state index contributed by atoms with van der Waals surface area (Å²) in [5, 5.41) is 3.28. The number of pyridine rings is 1. The number of fused-ring (bicyclic) bond motifs is 1. The molecule has 0 aliphatic heterocycles. The highest BCUT2D eigenvalue weighted by Gasteiger charge is 1.99. The number of rotatable bonds is 0. The molecular formula is C10H7NS. The lowest BCUT2D eigenvalue weighted by atomic mass is 10.2. The van der Waals surface area contributed by atoms with E-state index in [1.807, 2.05) is 19.2 Å². The maximum atomic E-state index is 4.05. The number of aromatic nitrogens is 1. The Bertz CT molecular complexity index is 459. The van der Waals surface area contributed by atoms with Crippen molar-refractivity contribution in [2.45, 2.75) is 6.92 Å². The summed E-state index contributed by atoms with van der Waals surface area (Å²) in [7, 11) is 0. The zero-order valence-corrected chi connectivity index (χ0v) is 7.48. The van der Waals surface area contributed by atoms with E-state index in [0.717, 1.165) is 5.56 Å². The summed E-state index contributed by atoms with van der Waals surface area (Å²) < 4.78 is 1.20. The second kappa shape index (κ2) is 2.96. The summed E-state index contributed by atoms with van der Waals surface area (Å²) in [6, 6.07) is 2.01. The van der Waals surface area contributed by atoms with Crippen molar-refractivity contribution in [3.63, 3.8) is 0 Å². The van der Waals surface area contributed by atoms with Crippen molar-refractivity contribution in [3.8, 4) is 11.8 Å². The van der Waals surface area contributed by atoms with Gasteiger partial charge in [-0.05, 0) is 13.0 Å². The Balaban J connectivity index is 2.76. The fourth-order valence-electron chi connectivity index (χ4n) is 1.11. The normalized spacial score (nSPS) is 9.42. The standard InChI is InChI=1S/C10H7NS/c1-2-3-8-7-12-10-6-11-5-4-9(8)10/h4-7H,1H3. The van der Waals surface area contributed by atoms with Crippen molar-refractivity contribution >= 4 is 21.4 Å². The van der Waals surface area contributed by atoms with Crippen LogP contribution in [-0.4, -0.2) is 4.98 Å². The molecule has 12 heavy (non-hydrogen) atoms. The molecule has 0 saturated carbocycles. The van der Waals surface area contributed by atoms with Crippen LogP contribution in [0.4, 0.5) is 0 Å². The Morgan fingerprint density at radius 3 is 3.25 bits per heavy atom. The average molecular weight is 173 g/mol. The van der Waals surface area contributed by atoms with Gasteiger partial charge in [-0.3, -0.25) is 4.98 Å². The van der Waals surface area contributed by atoms with Gasteiger partial charge in [0.05, 0.1) is 4.70 Å². The first kappa shape index (κ1) is 7.33. The minimum Gasteiger partial charge on any atom is -0.263 e. The first-order valence-electron chi connectivity index (χ1n) is 3.66. The van der Waals surface area contributed by atoms with Gasteiger partial charge in [0.2, 0.25) is 0 Å². The molecule has 2 heteroatoms. The molecule has 0 radical (unpaired) electrons. The van der Waals surface area contributed by atoms with Crippen molar-refractivity contribution in [2.75, 3.05) is 0 Å². The summed E-state index contributed by atoms with van der Waals surface area (Å²) in [5.41, 5.74) is 1.11. The Hall–Kier alpha value is -1.33. The maximum absolute atomic E-state index is 4.05. The zero-order chi connectivity index (χ0) is 8.39. The number of hydrogen-bond acceptors (Lipinski definition) is 2. The first-order chi connectivity index (χ1) is 5.92. The van der Waals surface area contributed by atoms with Crippen LogP contribution in [0.25, 0.3) is 10.1 Å². The van der Waals surface area contributed by atoms with Crippen molar-refractivity contribution < 1.29 is 0 Å². The van der Waals surface area contributed by atoms with Gasteiger partial charge in [0.1, 0.15) is 0 Å². The molecule has 1 nitrogen and oxygen atoms in total. The molecule has 0 spiro atoms. The molecule has 0 aliphatic carbocycles. The molecule has 0 amide bonds. The van der Waals surface area contributed by atoms with E-state index in [1.54, 1.807) is 17.5 Å². The molecule has 58 valence electrons. The first-order valence-corrected chi connectivity index (χ1v) is 4.54. The maximum Gasteiger partial charge on any atom is 0.0539 e. The molecule has 0 saturated heterocycles. The molecule has 0 fully saturated rings. The van der Waals surface area contributed by atoms with E-state index >= 15 is 0 Å². The largest absolute Gasteiger partial charge is 0.263 e. The number of nitrogens with zero attached hydrogens (tertiary/aromatic N) is 1. The lowest BCUT2D eigenvalue weighted by Crippen LogP contribution is -1.70. The highest BCUT2D eigenvalue weighted by atomic mass is 32.1. The third-order valence-electron chi connectivity index (χ3n) is 1.64. The Labute approximate surface area is 75.1 Å². The van der Waals surface area contributed by atoms with E-state index in [-0.39, 0.29) is 0 Å². The van der Waals surface area contributed by atoms with E-state index in [9.17, 15) is 0 Å². The lowest BCUT2D eigenvalue weighted by Gasteiger charge is -1.86. The van der Waals surface area contributed by atoms with Crippen molar-refractivity contribution in [2.24, 2.45) is 0 Å². The fourth-order valence-corrected chi connectivity index (χ4v) is 1.97. The second-order valence-electron chi connectivity index (χ2n) is 2.40. The van der Waals surface area contributed by atoms with Gasteiger partial charge in [0, 0.05) is 28.7 Å². The summed E-state index contributed by atoms with van der Waals surface area (Å²) in [5.74, 6) is 5.96. The molecule has 0 atom stereocenters. The fraction of sp³-hybridized carbons (Fsp3) is 0.100. The average Bonchev–Trinajstić information content (AvgIpc) is 2.50. The van der Waals surface area contributed by atoms with E-state index in [2.05, 4.69) is 22.2 Å². The molecule has 2 rings (SSSR count). The van der Waals surface area contributed by atoms with Gasteiger partial charge >= 0.3 is 0 Å². The minimum atomic E-state index is 1.11. The minimum absolute atomic E-state index is 1.11. The quantitative estimate of drug-likeness (QED) is 0.558. The van der Waals surface area contributed by atoms with Crippen LogP contribution >= 0.6 is 11.3 Å². The van der Waals surface area contributed by atoms with Crippen molar-refractivity contribution in [1.82, 2.24) is 4.98 Å². The van der Waals surface area contributed by atoms with Gasteiger partial charge in [0.15, 0.2) is 0 Å². The van der Waals surface area contributed by atoms with Crippen LogP contribution < -0.4 is 0 Å². The van der Waals surface area contributed by atoms with Crippen LogP contribution in [0.5, 0.6) is 0 Å². The number of hydrogen-bond donors (Lipinski definition) is 0. The smallest absolute Gasteiger partial charge is 0.0539 e. The van der Waals surface area contributed by atoms with Gasteiger partial charge in [-0.15, -0.1) is 17.3 Å². The summed E-state index contributed by atoms with van der Waals surface area (Å²) in [6.45, 7) is 1.85. The van der Waals surface area contributed by atoms with Crippen LogP contribution in [0.1, 0.15) is 12.5 Å². The third-order valence-corrected chi connectivity index (χ3v) is 2.57. The highest BCUT2D eigenvalue weighted by Crippen LogP contribution is 2.23. The Morgan fingerprint density at radius 1 is 1.50 bits per heavy atom.